The minimum atomic E-state index is -4.84. The van der Waals surface area contributed by atoms with Gasteiger partial charge in [-0.05, 0) is 129 Å². The number of nitrogens with one attached hydrogen (secondary N) is 1. The van der Waals surface area contributed by atoms with Crippen molar-refractivity contribution in [2.75, 3.05) is 64.3 Å². The third-order valence-corrected chi connectivity index (χ3v) is 22.5. The maximum absolute atomic E-state index is 13.3. The Morgan fingerprint density at radius 1 is 0.769 bits per heavy atom. The van der Waals surface area contributed by atoms with Gasteiger partial charge in [-0.25, -0.2) is 4.79 Å². The van der Waals surface area contributed by atoms with Gasteiger partial charge in [0.15, 0.2) is 11.4 Å². The average Bonchev–Trinajstić information content (AvgIpc) is 4.04. The Hall–Kier alpha value is -3.28. The minimum Gasteiger partial charge on any atom is -0.756 e. The molecule has 12 unspecified atom stereocenters. The van der Waals surface area contributed by atoms with E-state index >= 15 is 0 Å². The molecule has 2 saturated heterocycles. The van der Waals surface area contributed by atoms with E-state index in [0.29, 0.717) is 59.6 Å². The van der Waals surface area contributed by atoms with Crippen LogP contribution in [0.4, 0.5) is 0 Å². The molecule has 11 rings (SSSR count). The molecule has 3 aromatic rings. The summed E-state index contributed by atoms with van der Waals surface area (Å²) in [4.78, 5) is 51.9. The number of phenols is 2. The quantitative estimate of drug-likeness (QED) is 0.0369. The molecule has 4 N–H and O–H groups in total. The number of phosphoric ester groups is 2. The van der Waals surface area contributed by atoms with E-state index in [0.717, 1.165) is 56.5 Å². The number of aromatic hydroxyl groups is 2. The predicted molar refractivity (Wildman–Crippen MR) is 280 cm³/mol. The van der Waals surface area contributed by atoms with Gasteiger partial charge in [-0.15, -0.1) is 0 Å². The van der Waals surface area contributed by atoms with Gasteiger partial charge in [0.2, 0.25) is 0 Å². The van der Waals surface area contributed by atoms with Gasteiger partial charge < -0.3 is 76.9 Å². The number of amides is 1. The van der Waals surface area contributed by atoms with Crippen LogP contribution in [0.25, 0.3) is 0 Å². The van der Waals surface area contributed by atoms with Crippen LogP contribution in [0.3, 0.4) is 0 Å². The first kappa shape index (κ1) is 56.6. The van der Waals surface area contributed by atoms with Crippen LogP contribution < -0.4 is 19.8 Å². The number of aliphatic hydroxyl groups excluding tert-OH is 1. The SMILES string of the molecule is CC12CCC(OP(=O)([O-])OCCOCCOP(=O)([O-])OCC(O)COCCCNC(=O)c3ccc4c(c3)C3(OC4=O)c4ccc(O)cc4Oc4cc(O)ccc43)CC1CCC1C2CCC2(C)C1CCC21OC2CSSCC2O1. The molecule has 426 valence electrons. The summed E-state index contributed by atoms with van der Waals surface area (Å²) in [5.74, 6) is 2.72. The second-order valence-corrected chi connectivity index (χ2v) is 27.7. The molecule has 12 atom stereocenters. The maximum atomic E-state index is 13.3. The summed E-state index contributed by atoms with van der Waals surface area (Å²) in [5, 5.41) is 33.5. The lowest BCUT2D eigenvalue weighted by molar-refractivity contribution is -0.258. The number of carbonyl (C=O) groups is 2. The number of aliphatic hydroxyl groups is 1. The van der Waals surface area contributed by atoms with Gasteiger partial charge in [0.25, 0.3) is 21.6 Å². The van der Waals surface area contributed by atoms with Gasteiger partial charge >= 0.3 is 5.97 Å². The zero-order valence-electron chi connectivity index (χ0n) is 43.5. The number of phosphoric acid groups is 2. The number of benzene rings is 3. The second-order valence-electron chi connectivity index (χ2n) is 22.4. The van der Waals surface area contributed by atoms with E-state index in [2.05, 4.69) is 19.2 Å². The molecule has 0 aromatic heterocycles. The third-order valence-electron chi connectivity index (χ3n) is 18.1. The number of ether oxygens (including phenoxy) is 6. The Kier molecular flexibility index (Phi) is 16.3. The third kappa shape index (κ3) is 10.8. The topological polar surface area (TPSA) is 279 Å². The summed E-state index contributed by atoms with van der Waals surface area (Å²) >= 11 is 0. The highest BCUT2D eigenvalue weighted by molar-refractivity contribution is 8.76. The highest BCUT2D eigenvalue weighted by Gasteiger charge is 2.69. The Labute approximate surface area is 460 Å². The fourth-order valence-electron chi connectivity index (χ4n) is 14.4. The molecule has 8 aliphatic rings. The van der Waals surface area contributed by atoms with E-state index in [1.165, 1.54) is 36.4 Å². The molecule has 1 amide bonds. The molecule has 6 fully saturated rings. The summed E-state index contributed by atoms with van der Waals surface area (Å²) in [7, 11) is -5.71. The fourth-order valence-corrected chi connectivity index (χ4v) is 18.4. The molecule has 4 aliphatic carbocycles. The summed E-state index contributed by atoms with van der Waals surface area (Å²) < 4.78 is 82.2. The van der Waals surface area contributed by atoms with Gasteiger partial charge in [0.05, 0.1) is 63.5 Å². The standard InChI is InChI=1S/C54H69NO19P2S2/c1-51-15-12-37(25-33(51)5-9-38-40(51)13-16-52(2)41(38)14-17-53(52)71-47-30-77-78-31-48(47)72-53)74-76(63,64)68-23-21-65-20-22-67-75(61,62)69-29-36(58)28-66-19-3-18-55-49(59)32-4-8-39-44(24-32)54(73-50(39)60)42-10-6-34(56)26-45(42)70-46-27-35(57)7-11-43(46)54/h4,6-8,10-11,24,26-27,33,36-38,40-41,47-48,56-58H,3,5,9,12-23,25,28-31H2,1-2H3,(H,55,59)(H,61,62)(H,63,64)/p-2. The molecule has 78 heavy (non-hydrogen) atoms. The molecule has 20 nitrogen and oxygen atoms in total. The number of phenolic OH excluding ortho intramolecular Hbond substituents is 2. The molecule has 4 aliphatic heterocycles. The van der Waals surface area contributed by atoms with Crippen LogP contribution in [0.15, 0.2) is 54.6 Å². The number of carbonyl (C=O) groups excluding carboxylic acids is 2. The lowest BCUT2D eigenvalue weighted by Gasteiger charge is -2.61. The monoisotopic (exact) mass is 1160 g/mol. The van der Waals surface area contributed by atoms with Crippen molar-refractivity contribution in [2.45, 2.75) is 114 Å². The first-order valence-electron chi connectivity index (χ1n) is 27.0. The van der Waals surface area contributed by atoms with Crippen molar-refractivity contribution in [3.63, 3.8) is 0 Å². The van der Waals surface area contributed by atoms with Crippen molar-refractivity contribution in [1.82, 2.24) is 5.32 Å². The van der Waals surface area contributed by atoms with Crippen LogP contribution in [-0.4, -0.2) is 122 Å². The van der Waals surface area contributed by atoms with Gasteiger partial charge in [-0.3, -0.25) is 13.9 Å². The molecule has 0 bridgehead atoms. The van der Waals surface area contributed by atoms with Crippen molar-refractivity contribution < 1.29 is 90.3 Å². The molecule has 4 saturated carbocycles. The second kappa shape index (κ2) is 22.5. The first-order valence-corrected chi connectivity index (χ1v) is 32.4. The van der Waals surface area contributed by atoms with E-state index in [1.807, 2.05) is 21.6 Å². The Morgan fingerprint density at radius 3 is 2.15 bits per heavy atom. The Balaban J connectivity index is 0.549. The lowest BCUT2D eigenvalue weighted by atomic mass is 9.45. The summed E-state index contributed by atoms with van der Waals surface area (Å²) in [5.41, 5.74) is 0.237. The number of hydrogen-bond donors (Lipinski definition) is 4. The molecule has 4 heterocycles. The van der Waals surface area contributed by atoms with Gasteiger partial charge in [-0.1, -0.05) is 35.4 Å². The smallest absolute Gasteiger partial charge is 0.340 e. The maximum Gasteiger partial charge on any atom is 0.340 e. The summed E-state index contributed by atoms with van der Waals surface area (Å²) in [6, 6.07) is 13.3. The number of rotatable bonds is 20. The molecular formula is C54H67NO19P2S2-2. The normalized spacial score (nSPS) is 32.9. The van der Waals surface area contributed by atoms with Crippen molar-refractivity contribution in [3.05, 3.63) is 82.4 Å². The van der Waals surface area contributed by atoms with E-state index in [4.69, 9.17) is 46.5 Å². The van der Waals surface area contributed by atoms with E-state index in [9.17, 15) is 43.8 Å². The summed E-state index contributed by atoms with van der Waals surface area (Å²) in [6.45, 7) is 3.07. The zero-order valence-corrected chi connectivity index (χ0v) is 47.0. The van der Waals surface area contributed by atoms with Crippen LogP contribution in [0, 0.1) is 34.5 Å². The van der Waals surface area contributed by atoms with Gasteiger partial charge in [-0.2, -0.15) is 0 Å². The van der Waals surface area contributed by atoms with Crippen LogP contribution in [0.2, 0.25) is 0 Å². The molecule has 3 aromatic carbocycles. The first-order chi connectivity index (χ1) is 37.3. The van der Waals surface area contributed by atoms with Crippen LogP contribution >= 0.6 is 37.2 Å². The van der Waals surface area contributed by atoms with E-state index < -0.39 is 64.3 Å². The Bertz CT molecular complexity index is 2780. The van der Waals surface area contributed by atoms with Crippen molar-refractivity contribution in [2.24, 2.45) is 34.5 Å². The van der Waals surface area contributed by atoms with Crippen molar-refractivity contribution in [1.29, 1.82) is 0 Å². The summed E-state index contributed by atoms with van der Waals surface area (Å²) in [6.07, 6.45) is 7.58. The lowest BCUT2D eigenvalue weighted by Crippen LogP contribution is -2.57. The van der Waals surface area contributed by atoms with E-state index in [1.54, 1.807) is 18.2 Å². The van der Waals surface area contributed by atoms with Gasteiger partial charge in [0.1, 0.15) is 29.1 Å². The molecular weight excluding hydrogens is 1090 g/mol. The average molecular weight is 1160 g/mol. The van der Waals surface area contributed by atoms with Crippen LogP contribution in [0.1, 0.15) is 115 Å². The van der Waals surface area contributed by atoms with Crippen LogP contribution in [0.5, 0.6) is 23.0 Å². The molecule has 0 radical (unpaired) electrons. The zero-order chi connectivity index (χ0) is 54.7. The minimum absolute atomic E-state index is 0.00152. The van der Waals surface area contributed by atoms with Crippen molar-refractivity contribution >= 4 is 49.1 Å². The largest absolute Gasteiger partial charge is 0.756 e. The number of hydrogen-bond acceptors (Lipinski definition) is 21. The Morgan fingerprint density at radius 2 is 1.45 bits per heavy atom. The van der Waals surface area contributed by atoms with E-state index in [-0.39, 0.29) is 96.7 Å². The highest BCUT2D eigenvalue weighted by Crippen LogP contribution is 2.71. The molecule has 24 heteroatoms. The predicted octanol–water partition coefficient (Wildman–Crippen LogP) is 7.47. The van der Waals surface area contributed by atoms with Gasteiger partial charge in [0, 0.05) is 70.9 Å². The fraction of sp³-hybridized carbons (Fsp3) is 0.630. The number of esters is 1. The van der Waals surface area contributed by atoms with Crippen LogP contribution in [-0.2, 0) is 56.5 Å². The van der Waals surface area contributed by atoms with Crippen molar-refractivity contribution in [3.8, 4) is 23.0 Å². The molecule has 2 spiro atoms. The number of fused-ring (bicyclic) bond motifs is 13. The highest BCUT2D eigenvalue weighted by atomic mass is 33.1.